The topological polar surface area (TPSA) is 70.4 Å². The minimum Gasteiger partial charge on any atom is -0.389 e. The summed E-state index contributed by atoms with van der Waals surface area (Å²) in [6.07, 6.45) is 3.45. The molecule has 0 atom stereocenters. The molecule has 0 bridgehead atoms. The van der Waals surface area contributed by atoms with Crippen LogP contribution in [0.4, 0.5) is 9.18 Å². The van der Waals surface area contributed by atoms with E-state index in [1.54, 1.807) is 39.4 Å². The second-order valence-electron chi connectivity index (χ2n) is 6.44. The van der Waals surface area contributed by atoms with E-state index in [0.29, 0.717) is 5.56 Å². The third kappa shape index (κ3) is 4.55. The third-order valence-corrected chi connectivity index (χ3v) is 3.53. The average molecular weight is 334 g/mol. The van der Waals surface area contributed by atoms with Gasteiger partial charge in [0.05, 0.1) is 17.8 Å². The molecule has 2 N–H and O–H groups in total. The molecule has 0 aliphatic heterocycles. The summed E-state index contributed by atoms with van der Waals surface area (Å²) in [7, 11) is 1.60. The Morgan fingerprint density at radius 2 is 2.17 bits per heavy atom. The van der Waals surface area contributed by atoms with Gasteiger partial charge in [0, 0.05) is 26.0 Å². The van der Waals surface area contributed by atoms with E-state index in [1.807, 2.05) is 11.5 Å². The highest BCUT2D eigenvalue weighted by Crippen LogP contribution is 2.18. The number of nitrogens with zero attached hydrogens (tertiary/aromatic N) is 3. The summed E-state index contributed by atoms with van der Waals surface area (Å²) >= 11 is 0. The highest BCUT2D eigenvalue weighted by atomic mass is 19.1. The van der Waals surface area contributed by atoms with Crippen molar-refractivity contribution in [2.24, 2.45) is 0 Å². The minimum atomic E-state index is -0.982. The number of aliphatic hydroxyl groups is 1. The largest absolute Gasteiger partial charge is 0.389 e. The Kier molecular flexibility index (Phi) is 5.23. The van der Waals surface area contributed by atoms with Crippen molar-refractivity contribution < 1.29 is 14.3 Å². The van der Waals surface area contributed by atoms with Crippen molar-refractivity contribution in [2.75, 3.05) is 13.6 Å². The summed E-state index contributed by atoms with van der Waals surface area (Å²) in [5.74, 6) is 0.402. The minimum absolute atomic E-state index is 0.166. The number of carbonyl (C=O) groups is 1. The number of benzene rings is 1. The van der Waals surface area contributed by atoms with E-state index in [-0.39, 0.29) is 24.9 Å². The van der Waals surface area contributed by atoms with E-state index in [9.17, 15) is 14.3 Å². The second kappa shape index (κ2) is 7.00. The number of halogens is 1. The first-order chi connectivity index (χ1) is 11.2. The van der Waals surface area contributed by atoms with Gasteiger partial charge in [0.25, 0.3) is 0 Å². The molecule has 0 saturated carbocycles. The van der Waals surface area contributed by atoms with Crippen molar-refractivity contribution in [3.8, 4) is 5.69 Å². The summed E-state index contributed by atoms with van der Waals surface area (Å²) in [6.45, 7) is 5.46. The fourth-order valence-electron chi connectivity index (χ4n) is 2.52. The van der Waals surface area contributed by atoms with Crippen LogP contribution in [0.2, 0.25) is 0 Å². The fraction of sp³-hybridized carbons (Fsp3) is 0.412. The number of nitrogens with one attached hydrogen (secondary N) is 1. The number of imidazole rings is 1. The zero-order valence-corrected chi connectivity index (χ0v) is 14.4. The number of rotatable bonds is 5. The molecule has 2 rings (SSSR count). The zero-order chi connectivity index (χ0) is 17.9. The molecule has 0 aliphatic rings. The van der Waals surface area contributed by atoms with Crippen molar-refractivity contribution in [1.82, 2.24) is 19.8 Å². The molecule has 1 aromatic carbocycles. The maximum atomic E-state index is 13.6. The van der Waals surface area contributed by atoms with Gasteiger partial charge in [0.15, 0.2) is 0 Å². The molecule has 1 aromatic heterocycles. The number of aryl methyl sites for hydroxylation is 1. The van der Waals surface area contributed by atoms with Crippen LogP contribution >= 0.6 is 0 Å². The Balaban J connectivity index is 2.14. The van der Waals surface area contributed by atoms with Gasteiger partial charge in [0.1, 0.15) is 11.6 Å². The number of urea groups is 1. The second-order valence-corrected chi connectivity index (χ2v) is 6.44. The number of aromatic nitrogens is 2. The first-order valence-electron chi connectivity index (χ1n) is 7.67. The number of carbonyl (C=O) groups excluding carboxylic acids is 1. The molecule has 6 nitrogen and oxygen atoms in total. The SMILES string of the molecule is Cc1nccn1-c1ccc(F)cc1CNC(=O)N(C)CC(C)(C)O. The lowest BCUT2D eigenvalue weighted by molar-refractivity contribution is 0.0531. The predicted octanol–water partition coefficient (Wildman–Crippen LogP) is 2.23. The molecule has 1 heterocycles. The molecule has 0 spiro atoms. The molecule has 0 radical (unpaired) electrons. The summed E-state index contributed by atoms with van der Waals surface area (Å²) in [6, 6.07) is 4.09. The van der Waals surface area contributed by atoms with Gasteiger partial charge in [-0.15, -0.1) is 0 Å². The maximum Gasteiger partial charge on any atom is 0.317 e. The molecule has 0 aliphatic carbocycles. The first-order valence-corrected chi connectivity index (χ1v) is 7.67. The van der Waals surface area contributed by atoms with E-state index in [0.717, 1.165) is 11.5 Å². The summed E-state index contributed by atoms with van der Waals surface area (Å²) in [4.78, 5) is 17.7. The summed E-state index contributed by atoms with van der Waals surface area (Å²) in [5.41, 5.74) is 0.419. The van der Waals surface area contributed by atoms with E-state index in [2.05, 4.69) is 10.3 Å². The lowest BCUT2D eigenvalue weighted by Crippen LogP contribution is -2.44. The molecule has 2 aromatic rings. The Morgan fingerprint density at radius 1 is 1.46 bits per heavy atom. The fourth-order valence-corrected chi connectivity index (χ4v) is 2.52. The molecular weight excluding hydrogens is 311 g/mol. The molecule has 7 heteroatoms. The Labute approximate surface area is 140 Å². The van der Waals surface area contributed by atoms with Gasteiger partial charge in [-0.3, -0.25) is 0 Å². The van der Waals surface area contributed by atoms with Crippen molar-refractivity contribution in [2.45, 2.75) is 32.9 Å². The first kappa shape index (κ1) is 17.9. The maximum absolute atomic E-state index is 13.6. The highest BCUT2D eigenvalue weighted by Gasteiger charge is 2.19. The quantitative estimate of drug-likeness (QED) is 0.881. The van der Waals surface area contributed by atoms with Gasteiger partial charge in [-0.05, 0) is 44.5 Å². The smallest absolute Gasteiger partial charge is 0.317 e. The van der Waals surface area contributed by atoms with Crippen LogP contribution in [-0.2, 0) is 6.54 Å². The molecule has 0 fully saturated rings. The van der Waals surface area contributed by atoms with Crippen LogP contribution in [0.15, 0.2) is 30.6 Å². The molecule has 0 saturated heterocycles. The average Bonchev–Trinajstić information content (AvgIpc) is 2.89. The van der Waals surface area contributed by atoms with Gasteiger partial charge < -0.3 is 19.9 Å². The van der Waals surface area contributed by atoms with E-state index in [4.69, 9.17) is 0 Å². The van der Waals surface area contributed by atoms with Crippen molar-refractivity contribution in [3.05, 3.63) is 47.8 Å². The van der Waals surface area contributed by atoms with Crippen LogP contribution in [0, 0.1) is 12.7 Å². The van der Waals surface area contributed by atoms with E-state index in [1.165, 1.54) is 17.0 Å². The van der Waals surface area contributed by atoms with Gasteiger partial charge >= 0.3 is 6.03 Å². The lowest BCUT2D eigenvalue weighted by atomic mass is 10.1. The van der Waals surface area contributed by atoms with Crippen LogP contribution in [0.25, 0.3) is 5.69 Å². The van der Waals surface area contributed by atoms with Gasteiger partial charge in [-0.1, -0.05) is 0 Å². The molecule has 0 unspecified atom stereocenters. The summed E-state index contributed by atoms with van der Waals surface area (Å²) < 4.78 is 15.4. The molecule has 24 heavy (non-hydrogen) atoms. The highest BCUT2D eigenvalue weighted by molar-refractivity contribution is 5.74. The zero-order valence-electron chi connectivity index (χ0n) is 14.4. The number of likely N-dealkylation sites (N-methyl/N-ethyl adjacent to an activating group) is 1. The van der Waals surface area contributed by atoms with Crippen LogP contribution in [0.3, 0.4) is 0 Å². The van der Waals surface area contributed by atoms with Crippen molar-refractivity contribution in [1.29, 1.82) is 0 Å². The van der Waals surface area contributed by atoms with Crippen molar-refractivity contribution in [3.63, 3.8) is 0 Å². The van der Waals surface area contributed by atoms with Crippen LogP contribution in [0.1, 0.15) is 25.2 Å². The van der Waals surface area contributed by atoms with Crippen LogP contribution in [0.5, 0.6) is 0 Å². The van der Waals surface area contributed by atoms with E-state index >= 15 is 0 Å². The van der Waals surface area contributed by atoms with Gasteiger partial charge in [-0.2, -0.15) is 0 Å². The molecular formula is C17H23FN4O2. The molecule has 130 valence electrons. The monoisotopic (exact) mass is 334 g/mol. The lowest BCUT2D eigenvalue weighted by Gasteiger charge is -2.26. The normalized spacial score (nSPS) is 11.4. The van der Waals surface area contributed by atoms with Gasteiger partial charge in [-0.25, -0.2) is 14.2 Å². The standard InChI is InChI=1S/C17H23FN4O2/c1-12-19-7-8-22(12)15-6-5-14(18)9-13(15)10-20-16(23)21(4)11-17(2,3)24/h5-9,24H,10-11H2,1-4H3,(H,20,23). The summed E-state index contributed by atoms with van der Waals surface area (Å²) in [5, 5.41) is 12.5. The Bertz CT molecular complexity index is 722. The van der Waals surface area contributed by atoms with Crippen LogP contribution < -0.4 is 5.32 Å². The van der Waals surface area contributed by atoms with Crippen LogP contribution in [-0.4, -0.2) is 44.8 Å². The third-order valence-electron chi connectivity index (χ3n) is 3.53. The number of hydrogen-bond donors (Lipinski definition) is 2. The Morgan fingerprint density at radius 3 is 2.75 bits per heavy atom. The Hall–Kier alpha value is -2.41. The number of hydrogen-bond acceptors (Lipinski definition) is 3. The van der Waals surface area contributed by atoms with Gasteiger partial charge in [0.2, 0.25) is 0 Å². The van der Waals surface area contributed by atoms with E-state index < -0.39 is 5.60 Å². The molecule has 2 amide bonds. The predicted molar refractivity (Wildman–Crippen MR) is 89.4 cm³/mol. The number of amides is 2. The van der Waals surface area contributed by atoms with Crippen molar-refractivity contribution >= 4 is 6.03 Å².